The molecule has 170 valence electrons. The van der Waals surface area contributed by atoms with Crippen LogP contribution in [0.1, 0.15) is 54.0 Å². The van der Waals surface area contributed by atoms with Gasteiger partial charge >= 0.3 is 0 Å². The summed E-state index contributed by atoms with van der Waals surface area (Å²) in [6.07, 6.45) is 1.83. The minimum atomic E-state index is -0.305. The zero-order chi connectivity index (χ0) is 23.6. The summed E-state index contributed by atoms with van der Waals surface area (Å²) in [4.78, 5) is 32.2. The van der Waals surface area contributed by atoms with E-state index in [2.05, 4.69) is 26.1 Å². The van der Waals surface area contributed by atoms with Gasteiger partial charge in [-0.05, 0) is 58.9 Å². The van der Waals surface area contributed by atoms with E-state index in [4.69, 9.17) is 9.72 Å². The van der Waals surface area contributed by atoms with E-state index < -0.39 is 0 Å². The molecule has 0 saturated carbocycles. The lowest BCUT2D eigenvalue weighted by Gasteiger charge is -2.23. The standard InChI is InChI=1S/C25H32N4O3/c1-16-8-10-18(11-9-16)24(31)28(6)21-13-12-19-20(23(30)26-17(2)15-32-7)14-29(22(19)27-21)25(3,4)5/h8-14,17H,15H2,1-7H3,(H,26,30). The van der Waals surface area contributed by atoms with Crippen LogP contribution in [0.4, 0.5) is 5.82 Å². The maximum atomic E-state index is 13.0. The fourth-order valence-electron chi connectivity index (χ4n) is 3.56. The normalized spacial score (nSPS) is 12.6. The average Bonchev–Trinajstić information content (AvgIpc) is 3.13. The Kier molecular flexibility index (Phi) is 6.69. The first-order chi connectivity index (χ1) is 15.0. The lowest BCUT2D eigenvalue weighted by Crippen LogP contribution is -2.35. The first-order valence-electron chi connectivity index (χ1n) is 10.7. The van der Waals surface area contributed by atoms with Gasteiger partial charge in [-0.1, -0.05) is 17.7 Å². The molecule has 7 heteroatoms. The van der Waals surface area contributed by atoms with Crippen molar-refractivity contribution in [3.05, 3.63) is 59.3 Å². The molecule has 2 amide bonds. The number of carbonyl (C=O) groups is 2. The molecule has 1 N–H and O–H groups in total. The number of fused-ring (bicyclic) bond motifs is 1. The molecule has 1 atom stereocenters. The predicted molar refractivity (Wildman–Crippen MR) is 127 cm³/mol. The number of nitrogens with zero attached hydrogens (tertiary/aromatic N) is 3. The van der Waals surface area contributed by atoms with Gasteiger partial charge in [0, 0.05) is 42.9 Å². The first kappa shape index (κ1) is 23.5. The zero-order valence-electron chi connectivity index (χ0n) is 19.9. The molecule has 2 aromatic heterocycles. The summed E-state index contributed by atoms with van der Waals surface area (Å²) in [6.45, 7) is 10.5. The van der Waals surface area contributed by atoms with E-state index in [9.17, 15) is 9.59 Å². The number of pyridine rings is 1. The van der Waals surface area contributed by atoms with Crippen LogP contribution in [-0.2, 0) is 10.3 Å². The topological polar surface area (TPSA) is 76.5 Å². The van der Waals surface area contributed by atoms with Crippen LogP contribution >= 0.6 is 0 Å². The van der Waals surface area contributed by atoms with Gasteiger partial charge < -0.3 is 14.6 Å². The molecule has 0 fully saturated rings. The van der Waals surface area contributed by atoms with Crippen LogP contribution in [0, 0.1) is 6.92 Å². The van der Waals surface area contributed by atoms with Crippen LogP contribution in [0.5, 0.6) is 0 Å². The summed E-state index contributed by atoms with van der Waals surface area (Å²) in [5.74, 6) is 0.199. The van der Waals surface area contributed by atoms with Crippen molar-refractivity contribution in [3.8, 4) is 0 Å². The Morgan fingerprint density at radius 1 is 1.16 bits per heavy atom. The minimum Gasteiger partial charge on any atom is -0.383 e. The molecule has 32 heavy (non-hydrogen) atoms. The molecule has 3 aromatic rings. The van der Waals surface area contributed by atoms with E-state index in [0.717, 1.165) is 10.9 Å². The number of methoxy groups -OCH3 is 1. The lowest BCUT2D eigenvalue weighted by molar-refractivity contribution is 0.0906. The molecule has 0 radical (unpaired) electrons. The van der Waals surface area contributed by atoms with Crippen LogP contribution in [-0.4, -0.2) is 48.2 Å². The molecule has 2 heterocycles. The van der Waals surface area contributed by atoms with Gasteiger partial charge in [0.15, 0.2) is 0 Å². The summed E-state index contributed by atoms with van der Waals surface area (Å²) in [7, 11) is 3.31. The average molecular weight is 437 g/mol. The van der Waals surface area contributed by atoms with Gasteiger partial charge in [0.05, 0.1) is 12.2 Å². The third-order valence-corrected chi connectivity index (χ3v) is 5.35. The molecule has 0 aliphatic rings. The Morgan fingerprint density at radius 3 is 2.41 bits per heavy atom. The summed E-state index contributed by atoms with van der Waals surface area (Å²) in [6, 6.07) is 11.0. The third-order valence-electron chi connectivity index (χ3n) is 5.35. The highest BCUT2D eigenvalue weighted by atomic mass is 16.5. The van der Waals surface area contributed by atoms with Gasteiger partial charge in [-0.3, -0.25) is 14.5 Å². The Hall–Kier alpha value is -3.19. The summed E-state index contributed by atoms with van der Waals surface area (Å²) in [5, 5.41) is 3.70. The minimum absolute atomic E-state index is 0.119. The van der Waals surface area contributed by atoms with E-state index >= 15 is 0 Å². The molecule has 1 aromatic carbocycles. The molecule has 0 aliphatic heterocycles. The number of benzene rings is 1. The van der Waals surface area contributed by atoms with E-state index in [-0.39, 0.29) is 23.4 Å². The second-order valence-electron chi connectivity index (χ2n) is 9.18. The number of anilines is 1. The van der Waals surface area contributed by atoms with Gasteiger partial charge in [-0.25, -0.2) is 4.98 Å². The molecule has 0 saturated heterocycles. The van der Waals surface area contributed by atoms with Crippen molar-refractivity contribution in [2.75, 3.05) is 25.7 Å². The number of hydrogen-bond donors (Lipinski definition) is 1. The largest absolute Gasteiger partial charge is 0.383 e. The molecular formula is C25H32N4O3. The number of rotatable bonds is 6. The highest BCUT2D eigenvalue weighted by Gasteiger charge is 2.24. The fraction of sp³-hybridized carbons (Fsp3) is 0.400. The zero-order valence-corrected chi connectivity index (χ0v) is 19.9. The van der Waals surface area contributed by atoms with Crippen molar-refractivity contribution in [3.63, 3.8) is 0 Å². The van der Waals surface area contributed by atoms with E-state index in [0.29, 0.717) is 29.2 Å². The predicted octanol–water partition coefficient (Wildman–Crippen LogP) is 4.14. The maximum absolute atomic E-state index is 13.0. The van der Waals surface area contributed by atoms with Crippen molar-refractivity contribution >= 4 is 28.7 Å². The molecule has 7 nitrogen and oxygen atoms in total. The second kappa shape index (κ2) is 9.12. The van der Waals surface area contributed by atoms with Crippen molar-refractivity contribution < 1.29 is 14.3 Å². The van der Waals surface area contributed by atoms with Crippen molar-refractivity contribution in [1.29, 1.82) is 0 Å². The summed E-state index contributed by atoms with van der Waals surface area (Å²) in [5.41, 5.74) is 2.59. The number of nitrogens with one attached hydrogen (secondary N) is 1. The van der Waals surface area contributed by atoms with Gasteiger partial charge in [-0.2, -0.15) is 0 Å². The summed E-state index contributed by atoms with van der Waals surface area (Å²) >= 11 is 0. The molecule has 3 rings (SSSR count). The molecule has 0 bridgehead atoms. The van der Waals surface area contributed by atoms with Crippen molar-refractivity contribution in [2.45, 2.75) is 46.2 Å². The molecule has 1 unspecified atom stereocenters. The number of hydrogen-bond acceptors (Lipinski definition) is 4. The number of aromatic nitrogens is 2. The van der Waals surface area contributed by atoms with Crippen LogP contribution in [0.15, 0.2) is 42.6 Å². The molecule has 0 spiro atoms. The van der Waals surface area contributed by atoms with Crippen molar-refractivity contribution in [2.24, 2.45) is 0 Å². The highest BCUT2D eigenvalue weighted by Crippen LogP contribution is 2.29. The number of aryl methyl sites for hydroxylation is 1. The van der Waals surface area contributed by atoms with Crippen LogP contribution in [0.2, 0.25) is 0 Å². The Balaban J connectivity index is 2.02. The quantitative estimate of drug-likeness (QED) is 0.630. The Labute approximate surface area is 189 Å². The van der Waals surface area contributed by atoms with E-state index in [1.807, 2.05) is 54.9 Å². The van der Waals surface area contributed by atoms with Gasteiger partial charge in [0.2, 0.25) is 0 Å². The van der Waals surface area contributed by atoms with Crippen LogP contribution < -0.4 is 10.2 Å². The fourth-order valence-corrected chi connectivity index (χ4v) is 3.56. The Morgan fingerprint density at radius 2 is 1.81 bits per heavy atom. The maximum Gasteiger partial charge on any atom is 0.259 e. The monoisotopic (exact) mass is 436 g/mol. The number of ether oxygens (including phenoxy) is 1. The number of amides is 2. The lowest BCUT2D eigenvalue weighted by atomic mass is 10.1. The SMILES string of the molecule is COCC(C)NC(=O)c1cn(C(C)(C)C)c2nc(N(C)C(=O)c3ccc(C)cc3)ccc12. The number of carbonyl (C=O) groups excluding carboxylic acids is 2. The van der Waals surface area contributed by atoms with Crippen LogP contribution in [0.25, 0.3) is 11.0 Å². The molecule has 0 aliphatic carbocycles. The third kappa shape index (κ3) is 4.83. The molecular weight excluding hydrogens is 404 g/mol. The van der Waals surface area contributed by atoms with Crippen LogP contribution in [0.3, 0.4) is 0 Å². The second-order valence-corrected chi connectivity index (χ2v) is 9.18. The van der Waals surface area contributed by atoms with E-state index in [1.54, 1.807) is 20.2 Å². The van der Waals surface area contributed by atoms with Gasteiger partial charge in [0.1, 0.15) is 11.5 Å². The summed E-state index contributed by atoms with van der Waals surface area (Å²) < 4.78 is 7.10. The smallest absolute Gasteiger partial charge is 0.259 e. The first-order valence-corrected chi connectivity index (χ1v) is 10.7. The highest BCUT2D eigenvalue weighted by molar-refractivity contribution is 6.08. The van der Waals surface area contributed by atoms with Crippen molar-refractivity contribution in [1.82, 2.24) is 14.9 Å². The van der Waals surface area contributed by atoms with E-state index in [1.165, 1.54) is 4.90 Å². The van der Waals surface area contributed by atoms with Gasteiger partial charge in [-0.15, -0.1) is 0 Å². The Bertz CT molecular complexity index is 1130. The van der Waals surface area contributed by atoms with Gasteiger partial charge in [0.25, 0.3) is 11.8 Å².